The fourth-order valence-electron chi connectivity index (χ4n) is 2.44. The van der Waals surface area contributed by atoms with Gasteiger partial charge in [-0.05, 0) is 61.9 Å². The Morgan fingerprint density at radius 2 is 1.90 bits per heavy atom. The molecule has 0 unspecified atom stereocenters. The van der Waals surface area contributed by atoms with Gasteiger partial charge in [-0.25, -0.2) is 4.39 Å². The van der Waals surface area contributed by atoms with Gasteiger partial charge in [0.25, 0.3) is 0 Å². The van der Waals surface area contributed by atoms with Crippen LogP contribution in [-0.4, -0.2) is 18.6 Å². The first-order chi connectivity index (χ1) is 9.65. The number of nitrogens with one attached hydrogen (secondary N) is 1. The van der Waals surface area contributed by atoms with Gasteiger partial charge in [0.2, 0.25) is 0 Å². The molecule has 0 aliphatic rings. The first kappa shape index (κ1) is 14.7. The summed E-state index contributed by atoms with van der Waals surface area (Å²) in [6, 6.07) is 8.75. The number of likely N-dealkylation sites (N-methyl/N-ethyl adjacent to an activating group) is 1. The molecular weight excluding hydrogens is 251 g/mol. The third-order valence-electron chi connectivity index (χ3n) is 3.50. The number of nitrogens with zero attached hydrogens (tertiary/aromatic N) is 1. The fraction of sp³-hybridized carbons (Fsp3) is 0.353. The van der Waals surface area contributed by atoms with E-state index in [1.165, 1.54) is 23.3 Å². The Bertz CT molecular complexity index is 576. The van der Waals surface area contributed by atoms with Gasteiger partial charge in [-0.2, -0.15) is 0 Å². The lowest BCUT2D eigenvalue weighted by atomic mass is 9.98. The van der Waals surface area contributed by atoms with Crippen molar-refractivity contribution in [2.24, 2.45) is 0 Å². The molecule has 2 rings (SSSR count). The minimum Gasteiger partial charge on any atom is -0.319 e. The van der Waals surface area contributed by atoms with Crippen molar-refractivity contribution in [2.75, 3.05) is 13.6 Å². The smallest absolute Gasteiger partial charge is 0.123 e. The maximum absolute atomic E-state index is 13.1. The Hall–Kier alpha value is -1.74. The molecule has 0 atom stereocenters. The van der Waals surface area contributed by atoms with Crippen molar-refractivity contribution < 1.29 is 4.39 Å². The van der Waals surface area contributed by atoms with E-state index in [0.29, 0.717) is 0 Å². The van der Waals surface area contributed by atoms with Gasteiger partial charge in [0.1, 0.15) is 5.82 Å². The van der Waals surface area contributed by atoms with E-state index < -0.39 is 0 Å². The van der Waals surface area contributed by atoms with Crippen LogP contribution in [0.4, 0.5) is 4.39 Å². The summed E-state index contributed by atoms with van der Waals surface area (Å²) in [5.74, 6) is -0.213. The molecule has 1 heterocycles. The molecule has 0 saturated heterocycles. The normalized spacial score (nSPS) is 10.8. The zero-order valence-corrected chi connectivity index (χ0v) is 12.3. The van der Waals surface area contributed by atoms with Crippen molar-refractivity contribution in [1.82, 2.24) is 10.3 Å². The molecule has 0 amide bonds. The highest BCUT2D eigenvalue weighted by molar-refractivity contribution is 5.65. The van der Waals surface area contributed by atoms with Crippen LogP contribution < -0.4 is 5.32 Å². The number of pyridine rings is 1. The topological polar surface area (TPSA) is 24.9 Å². The molecule has 3 heteroatoms. The number of aryl methyl sites for hydroxylation is 1. The molecular formula is C17H21FN2. The van der Waals surface area contributed by atoms with Crippen molar-refractivity contribution in [1.29, 1.82) is 0 Å². The first-order valence-corrected chi connectivity index (χ1v) is 7.05. The Kier molecular flexibility index (Phi) is 4.85. The second-order valence-corrected chi connectivity index (χ2v) is 4.97. The van der Waals surface area contributed by atoms with Gasteiger partial charge in [-0.3, -0.25) is 4.98 Å². The van der Waals surface area contributed by atoms with Gasteiger partial charge in [-0.1, -0.05) is 6.92 Å². The first-order valence-electron chi connectivity index (χ1n) is 7.05. The Morgan fingerprint density at radius 3 is 2.50 bits per heavy atom. The van der Waals surface area contributed by atoms with Crippen LogP contribution in [-0.2, 0) is 12.8 Å². The summed E-state index contributed by atoms with van der Waals surface area (Å²) in [6.45, 7) is 5.15. The van der Waals surface area contributed by atoms with E-state index in [2.05, 4.69) is 25.2 Å². The second-order valence-electron chi connectivity index (χ2n) is 4.97. The lowest BCUT2D eigenvalue weighted by molar-refractivity contribution is 0.628. The molecule has 2 aromatic rings. The molecule has 106 valence electrons. The van der Waals surface area contributed by atoms with Crippen molar-refractivity contribution in [3.05, 3.63) is 53.0 Å². The minimum absolute atomic E-state index is 0.213. The number of rotatable bonds is 5. The predicted molar refractivity (Wildman–Crippen MR) is 81.4 cm³/mol. The average molecular weight is 272 g/mol. The van der Waals surface area contributed by atoms with Crippen molar-refractivity contribution >= 4 is 0 Å². The average Bonchev–Trinajstić information content (AvgIpc) is 2.45. The van der Waals surface area contributed by atoms with Crippen LogP contribution in [0.25, 0.3) is 11.3 Å². The van der Waals surface area contributed by atoms with Gasteiger partial charge >= 0.3 is 0 Å². The zero-order chi connectivity index (χ0) is 14.5. The van der Waals surface area contributed by atoms with Crippen molar-refractivity contribution in [3.8, 4) is 11.3 Å². The maximum atomic E-state index is 13.1. The van der Waals surface area contributed by atoms with Gasteiger partial charge in [0, 0.05) is 24.2 Å². The molecule has 0 spiro atoms. The van der Waals surface area contributed by atoms with Crippen molar-refractivity contribution in [3.63, 3.8) is 0 Å². The molecule has 0 radical (unpaired) electrons. The molecule has 2 nitrogen and oxygen atoms in total. The Morgan fingerprint density at radius 1 is 1.20 bits per heavy atom. The Balaban J connectivity index is 2.48. The van der Waals surface area contributed by atoms with Crippen LogP contribution in [0.15, 0.2) is 30.3 Å². The third kappa shape index (κ3) is 3.23. The van der Waals surface area contributed by atoms with E-state index in [-0.39, 0.29) is 5.82 Å². The summed E-state index contributed by atoms with van der Waals surface area (Å²) in [6.07, 6.45) is 1.83. The number of aromatic nitrogens is 1. The van der Waals surface area contributed by atoms with Crippen LogP contribution in [0.5, 0.6) is 0 Å². The number of hydrogen-bond donors (Lipinski definition) is 1. The van der Waals surface area contributed by atoms with Gasteiger partial charge in [0.15, 0.2) is 0 Å². The molecule has 0 fully saturated rings. The molecule has 0 bridgehead atoms. The molecule has 0 aliphatic carbocycles. The molecule has 1 aromatic heterocycles. The van der Waals surface area contributed by atoms with E-state index in [4.69, 9.17) is 4.98 Å². The fourth-order valence-corrected chi connectivity index (χ4v) is 2.44. The van der Waals surface area contributed by atoms with Crippen LogP contribution >= 0.6 is 0 Å². The summed E-state index contributed by atoms with van der Waals surface area (Å²) in [7, 11) is 1.94. The maximum Gasteiger partial charge on any atom is 0.123 e. The lowest BCUT2D eigenvalue weighted by Crippen LogP contribution is -2.12. The van der Waals surface area contributed by atoms with E-state index in [1.807, 2.05) is 7.05 Å². The van der Waals surface area contributed by atoms with E-state index in [1.54, 1.807) is 12.1 Å². The van der Waals surface area contributed by atoms with Crippen LogP contribution in [0.2, 0.25) is 0 Å². The predicted octanol–water partition coefficient (Wildman–Crippen LogP) is 3.52. The zero-order valence-electron chi connectivity index (χ0n) is 12.3. The summed E-state index contributed by atoms with van der Waals surface area (Å²) in [5, 5.41) is 3.14. The van der Waals surface area contributed by atoms with Crippen LogP contribution in [0, 0.1) is 12.7 Å². The van der Waals surface area contributed by atoms with E-state index >= 15 is 0 Å². The highest BCUT2D eigenvalue weighted by Crippen LogP contribution is 2.26. The number of hydrogen-bond acceptors (Lipinski definition) is 2. The molecule has 1 aromatic carbocycles. The summed E-state index contributed by atoms with van der Waals surface area (Å²) >= 11 is 0. The molecule has 0 aliphatic heterocycles. The number of halogens is 1. The molecule has 0 saturated carbocycles. The van der Waals surface area contributed by atoms with E-state index in [0.717, 1.165) is 36.3 Å². The molecule has 20 heavy (non-hydrogen) atoms. The van der Waals surface area contributed by atoms with Crippen LogP contribution in [0.3, 0.4) is 0 Å². The lowest BCUT2D eigenvalue weighted by Gasteiger charge is -2.13. The van der Waals surface area contributed by atoms with Gasteiger partial charge in [-0.15, -0.1) is 0 Å². The third-order valence-corrected chi connectivity index (χ3v) is 3.50. The van der Waals surface area contributed by atoms with Gasteiger partial charge < -0.3 is 5.32 Å². The second kappa shape index (κ2) is 6.62. The Labute approximate surface area is 120 Å². The highest BCUT2D eigenvalue weighted by atomic mass is 19.1. The molecule has 1 N–H and O–H groups in total. The SMILES string of the molecule is CCc1c(C)cc(CCNC)nc1-c1ccc(F)cc1. The van der Waals surface area contributed by atoms with Gasteiger partial charge in [0.05, 0.1) is 5.69 Å². The largest absolute Gasteiger partial charge is 0.319 e. The monoisotopic (exact) mass is 272 g/mol. The van der Waals surface area contributed by atoms with Crippen molar-refractivity contribution in [2.45, 2.75) is 26.7 Å². The standard InChI is InChI=1S/C17H21FN2/c1-4-16-12(2)11-15(9-10-19-3)20-17(16)13-5-7-14(18)8-6-13/h5-8,11,19H,4,9-10H2,1-3H3. The summed E-state index contributed by atoms with van der Waals surface area (Å²) in [4.78, 5) is 4.78. The summed E-state index contributed by atoms with van der Waals surface area (Å²) in [5.41, 5.74) is 5.54. The van der Waals surface area contributed by atoms with E-state index in [9.17, 15) is 4.39 Å². The van der Waals surface area contributed by atoms with Crippen LogP contribution in [0.1, 0.15) is 23.7 Å². The summed E-state index contributed by atoms with van der Waals surface area (Å²) < 4.78 is 13.1. The minimum atomic E-state index is -0.213. The quantitative estimate of drug-likeness (QED) is 0.901. The number of benzene rings is 1. The highest BCUT2D eigenvalue weighted by Gasteiger charge is 2.10.